The van der Waals surface area contributed by atoms with Crippen molar-refractivity contribution >= 4 is 11.3 Å². The van der Waals surface area contributed by atoms with Crippen LogP contribution in [0.4, 0.5) is 0 Å². The van der Waals surface area contributed by atoms with Crippen LogP contribution in [-0.2, 0) is 6.42 Å². The SMILES string of the molecule is COc1cc(C(O)CCc2cccs2)cc2c1OCO2. The van der Waals surface area contributed by atoms with Gasteiger partial charge in [-0.05, 0) is 42.0 Å². The third-order valence-electron chi connectivity index (χ3n) is 3.31. The first-order valence-corrected chi connectivity index (χ1v) is 7.34. The third kappa shape index (κ3) is 2.59. The van der Waals surface area contributed by atoms with E-state index in [1.54, 1.807) is 18.4 Å². The Balaban J connectivity index is 1.76. The van der Waals surface area contributed by atoms with Crippen molar-refractivity contribution < 1.29 is 19.3 Å². The molecule has 0 saturated carbocycles. The molecule has 0 spiro atoms. The van der Waals surface area contributed by atoms with Gasteiger partial charge in [0.2, 0.25) is 12.5 Å². The summed E-state index contributed by atoms with van der Waals surface area (Å²) in [4.78, 5) is 1.27. The summed E-state index contributed by atoms with van der Waals surface area (Å²) in [6, 6.07) is 7.74. The van der Waals surface area contributed by atoms with Crippen molar-refractivity contribution in [2.75, 3.05) is 13.9 Å². The van der Waals surface area contributed by atoms with Gasteiger partial charge in [-0.1, -0.05) is 6.07 Å². The maximum atomic E-state index is 10.3. The lowest BCUT2D eigenvalue weighted by molar-refractivity contribution is 0.166. The first kappa shape index (κ1) is 13.3. The molecule has 4 nitrogen and oxygen atoms in total. The number of methoxy groups -OCH3 is 1. The van der Waals surface area contributed by atoms with Crippen LogP contribution in [0.25, 0.3) is 0 Å². The van der Waals surface area contributed by atoms with E-state index in [9.17, 15) is 5.11 Å². The van der Waals surface area contributed by atoms with Crippen molar-refractivity contribution in [2.45, 2.75) is 18.9 Å². The van der Waals surface area contributed by atoms with Crippen LogP contribution in [0.3, 0.4) is 0 Å². The molecular formula is C15H16O4S. The summed E-state index contributed by atoms with van der Waals surface area (Å²) in [6.07, 6.45) is 0.985. The van der Waals surface area contributed by atoms with Gasteiger partial charge in [-0.3, -0.25) is 0 Å². The van der Waals surface area contributed by atoms with Crippen LogP contribution >= 0.6 is 11.3 Å². The van der Waals surface area contributed by atoms with Gasteiger partial charge < -0.3 is 19.3 Å². The standard InChI is InChI=1S/C15H16O4S/c1-17-13-7-10(8-14-15(13)19-9-18-14)12(16)5-4-11-3-2-6-20-11/h2-3,6-8,12,16H,4-5,9H2,1H3. The fourth-order valence-corrected chi connectivity index (χ4v) is 2.97. The van der Waals surface area contributed by atoms with Crippen LogP contribution in [0, 0.1) is 0 Å². The highest BCUT2D eigenvalue weighted by Gasteiger charge is 2.22. The lowest BCUT2D eigenvalue weighted by Gasteiger charge is -2.13. The molecule has 0 saturated heterocycles. The number of ether oxygens (including phenoxy) is 3. The Bertz CT molecular complexity index is 580. The highest BCUT2D eigenvalue weighted by molar-refractivity contribution is 7.09. The Morgan fingerprint density at radius 1 is 1.40 bits per heavy atom. The van der Waals surface area contributed by atoms with Crippen LogP contribution < -0.4 is 14.2 Å². The van der Waals surface area contributed by atoms with Gasteiger partial charge in [0.1, 0.15) is 0 Å². The van der Waals surface area contributed by atoms with E-state index in [0.29, 0.717) is 23.7 Å². The van der Waals surface area contributed by atoms with Crippen LogP contribution in [-0.4, -0.2) is 19.0 Å². The molecule has 0 radical (unpaired) electrons. The van der Waals surface area contributed by atoms with Gasteiger partial charge in [0.25, 0.3) is 0 Å². The molecule has 2 heterocycles. The highest BCUT2D eigenvalue weighted by atomic mass is 32.1. The highest BCUT2D eigenvalue weighted by Crippen LogP contribution is 2.43. The number of aliphatic hydroxyl groups is 1. The topological polar surface area (TPSA) is 47.9 Å². The summed E-state index contributed by atoms with van der Waals surface area (Å²) >= 11 is 1.71. The lowest BCUT2D eigenvalue weighted by Crippen LogP contribution is -2.00. The summed E-state index contributed by atoms with van der Waals surface area (Å²) in [7, 11) is 1.58. The second kappa shape index (κ2) is 5.73. The molecule has 1 aromatic heterocycles. The van der Waals surface area contributed by atoms with E-state index in [1.165, 1.54) is 4.88 Å². The molecule has 0 bridgehead atoms. The Kier molecular flexibility index (Phi) is 3.80. The second-order valence-electron chi connectivity index (χ2n) is 4.59. The van der Waals surface area contributed by atoms with Crippen molar-refractivity contribution in [1.29, 1.82) is 0 Å². The lowest BCUT2D eigenvalue weighted by atomic mass is 10.0. The molecule has 20 heavy (non-hydrogen) atoms. The first-order valence-electron chi connectivity index (χ1n) is 6.46. The Hall–Kier alpha value is -1.72. The predicted octanol–water partition coefficient (Wildman–Crippen LogP) is 3.15. The first-order chi connectivity index (χ1) is 9.78. The summed E-state index contributed by atoms with van der Waals surface area (Å²) in [5.41, 5.74) is 0.794. The molecule has 1 aliphatic heterocycles. The maximum absolute atomic E-state index is 10.3. The number of aliphatic hydroxyl groups excluding tert-OH is 1. The minimum Gasteiger partial charge on any atom is -0.493 e. The summed E-state index contributed by atoms with van der Waals surface area (Å²) < 4.78 is 16.0. The number of rotatable bonds is 5. The van der Waals surface area contributed by atoms with E-state index in [1.807, 2.05) is 23.6 Å². The van der Waals surface area contributed by atoms with Crippen LogP contribution in [0.5, 0.6) is 17.2 Å². The fraction of sp³-hybridized carbons (Fsp3) is 0.333. The Labute approximate surface area is 121 Å². The number of benzene rings is 1. The monoisotopic (exact) mass is 292 g/mol. The average Bonchev–Trinajstić information content (AvgIpc) is 3.14. The molecule has 106 valence electrons. The van der Waals surface area contributed by atoms with Gasteiger partial charge in [0.05, 0.1) is 13.2 Å². The fourth-order valence-electron chi connectivity index (χ4n) is 2.24. The van der Waals surface area contributed by atoms with Crippen molar-refractivity contribution in [3.8, 4) is 17.2 Å². The minimum atomic E-state index is -0.541. The predicted molar refractivity (Wildman–Crippen MR) is 76.7 cm³/mol. The van der Waals surface area contributed by atoms with Crippen LogP contribution in [0.2, 0.25) is 0 Å². The molecule has 0 aliphatic carbocycles. The summed E-state index contributed by atoms with van der Waals surface area (Å²) in [6.45, 7) is 0.195. The number of fused-ring (bicyclic) bond motifs is 1. The van der Waals surface area contributed by atoms with E-state index >= 15 is 0 Å². The number of thiophene rings is 1. The molecular weight excluding hydrogens is 276 g/mol. The van der Waals surface area contributed by atoms with E-state index in [4.69, 9.17) is 14.2 Å². The van der Waals surface area contributed by atoms with Crippen molar-refractivity contribution in [2.24, 2.45) is 0 Å². The molecule has 5 heteroatoms. The zero-order valence-corrected chi connectivity index (χ0v) is 12.0. The van der Waals surface area contributed by atoms with Crippen LogP contribution in [0.15, 0.2) is 29.6 Å². The molecule has 2 aromatic rings. The maximum Gasteiger partial charge on any atom is 0.231 e. The summed E-state index contributed by atoms with van der Waals surface area (Å²) in [5, 5.41) is 12.4. The number of hydrogen-bond acceptors (Lipinski definition) is 5. The molecule has 1 aromatic carbocycles. The normalized spacial score (nSPS) is 14.3. The van der Waals surface area contributed by atoms with Gasteiger partial charge >= 0.3 is 0 Å². The molecule has 1 atom stereocenters. The van der Waals surface area contributed by atoms with Crippen molar-refractivity contribution in [3.63, 3.8) is 0 Å². The smallest absolute Gasteiger partial charge is 0.231 e. The summed E-state index contributed by atoms with van der Waals surface area (Å²) in [5.74, 6) is 1.85. The van der Waals surface area contributed by atoms with Gasteiger partial charge in [-0.25, -0.2) is 0 Å². The molecule has 1 unspecified atom stereocenters. The third-order valence-corrected chi connectivity index (χ3v) is 4.25. The molecule has 0 amide bonds. The van der Waals surface area contributed by atoms with Gasteiger partial charge in [-0.15, -0.1) is 11.3 Å². The second-order valence-corrected chi connectivity index (χ2v) is 5.62. The largest absolute Gasteiger partial charge is 0.493 e. The van der Waals surface area contributed by atoms with E-state index < -0.39 is 6.10 Å². The van der Waals surface area contributed by atoms with Gasteiger partial charge in [-0.2, -0.15) is 0 Å². The zero-order chi connectivity index (χ0) is 13.9. The number of hydrogen-bond donors (Lipinski definition) is 1. The molecule has 0 fully saturated rings. The van der Waals surface area contributed by atoms with Crippen molar-refractivity contribution in [3.05, 3.63) is 40.1 Å². The quantitative estimate of drug-likeness (QED) is 0.919. The zero-order valence-electron chi connectivity index (χ0n) is 11.2. The molecule has 3 rings (SSSR count). The van der Waals surface area contributed by atoms with E-state index in [-0.39, 0.29) is 6.79 Å². The van der Waals surface area contributed by atoms with Gasteiger partial charge in [0, 0.05) is 4.88 Å². The van der Waals surface area contributed by atoms with E-state index in [0.717, 1.165) is 12.0 Å². The van der Waals surface area contributed by atoms with Crippen molar-refractivity contribution in [1.82, 2.24) is 0 Å². The van der Waals surface area contributed by atoms with E-state index in [2.05, 4.69) is 6.07 Å². The minimum absolute atomic E-state index is 0.195. The average molecular weight is 292 g/mol. The molecule has 1 aliphatic rings. The Morgan fingerprint density at radius 3 is 3.05 bits per heavy atom. The Morgan fingerprint density at radius 2 is 2.30 bits per heavy atom. The number of aryl methyl sites for hydroxylation is 1. The van der Waals surface area contributed by atoms with Gasteiger partial charge in [0.15, 0.2) is 11.5 Å². The van der Waals surface area contributed by atoms with Crippen LogP contribution in [0.1, 0.15) is 23.0 Å². The molecule has 1 N–H and O–H groups in total.